The Morgan fingerprint density at radius 1 is 1.16 bits per heavy atom. The molecular formula is C19H18ClN3O2. The van der Waals surface area contributed by atoms with E-state index in [1.54, 1.807) is 12.1 Å². The average molecular weight is 356 g/mol. The average Bonchev–Trinajstić information content (AvgIpc) is 2.56. The van der Waals surface area contributed by atoms with Crippen LogP contribution in [0.15, 0.2) is 42.6 Å². The number of benzene rings is 1. The molecule has 0 spiro atoms. The summed E-state index contributed by atoms with van der Waals surface area (Å²) < 4.78 is 5.35. The van der Waals surface area contributed by atoms with Crippen LogP contribution in [0, 0.1) is 6.92 Å². The van der Waals surface area contributed by atoms with E-state index in [0.717, 1.165) is 16.8 Å². The van der Waals surface area contributed by atoms with Crippen molar-refractivity contribution in [2.75, 3.05) is 5.32 Å². The number of fused-ring (bicyclic) bond motifs is 1. The summed E-state index contributed by atoms with van der Waals surface area (Å²) in [4.78, 5) is 21.2. The molecule has 1 N–H and O–H groups in total. The Morgan fingerprint density at radius 3 is 2.56 bits per heavy atom. The van der Waals surface area contributed by atoms with Crippen LogP contribution in [-0.4, -0.2) is 22.0 Å². The maximum Gasteiger partial charge on any atom is 0.342 e. The minimum atomic E-state index is -0.429. The first-order valence-corrected chi connectivity index (χ1v) is 8.32. The molecule has 2 aromatic heterocycles. The second kappa shape index (κ2) is 7.07. The number of nitrogens with one attached hydrogen (secondary N) is 1. The quantitative estimate of drug-likeness (QED) is 0.674. The third kappa shape index (κ3) is 3.88. The van der Waals surface area contributed by atoms with E-state index >= 15 is 0 Å². The fourth-order valence-electron chi connectivity index (χ4n) is 2.42. The van der Waals surface area contributed by atoms with Crippen LogP contribution in [0.2, 0.25) is 5.02 Å². The van der Waals surface area contributed by atoms with Crippen molar-refractivity contribution < 1.29 is 9.53 Å². The number of rotatable bonds is 4. The van der Waals surface area contributed by atoms with E-state index < -0.39 is 5.97 Å². The first kappa shape index (κ1) is 17.2. The lowest BCUT2D eigenvalue weighted by Crippen LogP contribution is -2.14. The number of hydrogen-bond donors (Lipinski definition) is 1. The van der Waals surface area contributed by atoms with Crippen LogP contribution in [0.1, 0.15) is 29.9 Å². The fraction of sp³-hybridized carbons (Fsp3) is 0.211. The van der Waals surface area contributed by atoms with Gasteiger partial charge in [0.15, 0.2) is 5.65 Å². The third-order valence-electron chi connectivity index (χ3n) is 3.55. The highest BCUT2D eigenvalue weighted by atomic mass is 35.5. The minimum Gasteiger partial charge on any atom is -0.459 e. The normalized spacial score (nSPS) is 10.9. The molecule has 3 aromatic rings. The van der Waals surface area contributed by atoms with Gasteiger partial charge < -0.3 is 10.1 Å². The van der Waals surface area contributed by atoms with Crippen molar-refractivity contribution in [3.8, 4) is 0 Å². The van der Waals surface area contributed by atoms with Crippen LogP contribution < -0.4 is 5.32 Å². The Labute approximate surface area is 151 Å². The van der Waals surface area contributed by atoms with Gasteiger partial charge in [-0.05, 0) is 57.2 Å². The topological polar surface area (TPSA) is 64.1 Å². The van der Waals surface area contributed by atoms with Gasteiger partial charge in [0, 0.05) is 28.0 Å². The Kier molecular flexibility index (Phi) is 4.86. The number of halogens is 1. The number of anilines is 2. The van der Waals surface area contributed by atoms with E-state index in [-0.39, 0.29) is 6.10 Å². The number of nitrogens with zero attached hydrogens (tertiary/aromatic N) is 2. The number of ether oxygens (including phenoxy) is 1. The molecule has 0 aliphatic rings. The lowest BCUT2D eigenvalue weighted by molar-refractivity contribution is 0.0379. The van der Waals surface area contributed by atoms with Gasteiger partial charge in [-0.1, -0.05) is 11.6 Å². The molecular weight excluding hydrogens is 338 g/mol. The zero-order valence-corrected chi connectivity index (χ0v) is 15.0. The standard InChI is InChI=1S/C19H18ClN3O2/c1-11(2)25-19(24)16-10-21-18-15(9-4-12(3)22-18)17(16)23-14-7-5-13(20)6-8-14/h4-11H,1-3H3,(H,21,22,23). The van der Waals surface area contributed by atoms with Crippen LogP contribution in [0.5, 0.6) is 0 Å². The maximum absolute atomic E-state index is 12.5. The predicted molar refractivity (Wildman–Crippen MR) is 99.6 cm³/mol. The SMILES string of the molecule is Cc1ccc2c(Nc3ccc(Cl)cc3)c(C(=O)OC(C)C)cnc2n1. The summed E-state index contributed by atoms with van der Waals surface area (Å²) in [5.41, 5.74) is 3.20. The number of carbonyl (C=O) groups excluding carboxylic acids is 1. The summed E-state index contributed by atoms with van der Waals surface area (Å²) in [6.45, 7) is 5.52. The third-order valence-corrected chi connectivity index (χ3v) is 3.80. The van der Waals surface area contributed by atoms with Crippen molar-refractivity contribution in [2.45, 2.75) is 26.9 Å². The van der Waals surface area contributed by atoms with Gasteiger partial charge in [0.1, 0.15) is 5.56 Å². The monoisotopic (exact) mass is 355 g/mol. The lowest BCUT2D eigenvalue weighted by atomic mass is 10.1. The molecule has 3 rings (SSSR count). The van der Waals surface area contributed by atoms with Crippen molar-refractivity contribution in [3.63, 3.8) is 0 Å². The van der Waals surface area contributed by atoms with E-state index in [1.165, 1.54) is 6.20 Å². The van der Waals surface area contributed by atoms with E-state index in [2.05, 4.69) is 15.3 Å². The van der Waals surface area contributed by atoms with Gasteiger partial charge in [0.05, 0.1) is 11.8 Å². The van der Waals surface area contributed by atoms with Crippen LogP contribution in [0.25, 0.3) is 11.0 Å². The fourth-order valence-corrected chi connectivity index (χ4v) is 2.54. The Balaban J connectivity index is 2.12. The van der Waals surface area contributed by atoms with Crippen LogP contribution in [-0.2, 0) is 4.74 Å². The summed E-state index contributed by atoms with van der Waals surface area (Å²) in [7, 11) is 0. The molecule has 0 saturated heterocycles. The number of aryl methyl sites for hydroxylation is 1. The molecule has 0 aliphatic carbocycles. The summed E-state index contributed by atoms with van der Waals surface area (Å²) in [5, 5.41) is 4.67. The first-order chi connectivity index (χ1) is 11.9. The zero-order valence-electron chi connectivity index (χ0n) is 14.2. The van der Waals surface area contributed by atoms with Gasteiger partial charge in [-0.2, -0.15) is 0 Å². The molecule has 0 amide bonds. The molecule has 0 fully saturated rings. The van der Waals surface area contributed by atoms with E-state index in [1.807, 2.05) is 45.0 Å². The lowest BCUT2D eigenvalue weighted by Gasteiger charge is -2.15. The van der Waals surface area contributed by atoms with Crippen molar-refractivity contribution in [3.05, 3.63) is 58.9 Å². The Bertz CT molecular complexity index is 924. The molecule has 0 saturated carbocycles. The molecule has 25 heavy (non-hydrogen) atoms. The van der Waals surface area contributed by atoms with Gasteiger partial charge in [-0.3, -0.25) is 0 Å². The molecule has 0 aliphatic heterocycles. The highest BCUT2D eigenvalue weighted by Gasteiger charge is 2.19. The van der Waals surface area contributed by atoms with E-state index in [9.17, 15) is 4.79 Å². The largest absolute Gasteiger partial charge is 0.459 e. The Morgan fingerprint density at radius 2 is 1.88 bits per heavy atom. The molecule has 0 unspecified atom stereocenters. The maximum atomic E-state index is 12.5. The number of aromatic nitrogens is 2. The second-order valence-electron chi connectivity index (χ2n) is 5.96. The number of hydrogen-bond acceptors (Lipinski definition) is 5. The summed E-state index contributed by atoms with van der Waals surface area (Å²) in [6.07, 6.45) is 1.28. The summed E-state index contributed by atoms with van der Waals surface area (Å²) in [6, 6.07) is 11.0. The smallest absolute Gasteiger partial charge is 0.342 e. The first-order valence-electron chi connectivity index (χ1n) is 7.94. The van der Waals surface area contributed by atoms with Crippen molar-refractivity contribution in [2.24, 2.45) is 0 Å². The number of esters is 1. The van der Waals surface area contributed by atoms with Crippen LogP contribution >= 0.6 is 11.6 Å². The summed E-state index contributed by atoms with van der Waals surface area (Å²) in [5.74, 6) is -0.429. The Hall–Kier alpha value is -2.66. The van der Waals surface area contributed by atoms with Gasteiger partial charge in [-0.25, -0.2) is 14.8 Å². The molecule has 128 valence electrons. The highest BCUT2D eigenvalue weighted by Crippen LogP contribution is 2.30. The van der Waals surface area contributed by atoms with Crippen molar-refractivity contribution in [1.29, 1.82) is 0 Å². The second-order valence-corrected chi connectivity index (χ2v) is 6.39. The zero-order chi connectivity index (χ0) is 18.0. The molecule has 5 nitrogen and oxygen atoms in total. The minimum absolute atomic E-state index is 0.220. The van der Waals surface area contributed by atoms with Crippen LogP contribution in [0.4, 0.5) is 11.4 Å². The van der Waals surface area contributed by atoms with Gasteiger partial charge in [-0.15, -0.1) is 0 Å². The molecule has 6 heteroatoms. The van der Waals surface area contributed by atoms with Gasteiger partial charge in [0.25, 0.3) is 0 Å². The summed E-state index contributed by atoms with van der Waals surface area (Å²) >= 11 is 5.94. The molecule has 0 atom stereocenters. The number of carbonyl (C=O) groups is 1. The van der Waals surface area contributed by atoms with Crippen LogP contribution in [0.3, 0.4) is 0 Å². The van der Waals surface area contributed by atoms with E-state index in [4.69, 9.17) is 16.3 Å². The highest BCUT2D eigenvalue weighted by molar-refractivity contribution is 6.30. The number of pyridine rings is 2. The van der Waals surface area contributed by atoms with E-state index in [0.29, 0.717) is 21.9 Å². The predicted octanol–water partition coefficient (Wildman–Crippen LogP) is 4.90. The van der Waals surface area contributed by atoms with Gasteiger partial charge >= 0.3 is 5.97 Å². The van der Waals surface area contributed by atoms with Crippen molar-refractivity contribution in [1.82, 2.24) is 9.97 Å². The molecule has 2 heterocycles. The molecule has 0 radical (unpaired) electrons. The van der Waals surface area contributed by atoms with Crippen molar-refractivity contribution >= 4 is 40.0 Å². The molecule has 1 aromatic carbocycles. The van der Waals surface area contributed by atoms with Gasteiger partial charge in [0.2, 0.25) is 0 Å². The molecule has 0 bridgehead atoms.